The first kappa shape index (κ1) is 12.7. The standard InChI is InChI=1S/C12H7BrCl2N4/c13-7-1-6(3-17-4-7)10-11(16)19-5-8(14)2-9(15)12(19)18-10/h1-5H,16H2. The van der Waals surface area contributed by atoms with Crippen molar-refractivity contribution in [2.24, 2.45) is 0 Å². The average molecular weight is 358 g/mol. The molecule has 0 aromatic carbocycles. The summed E-state index contributed by atoms with van der Waals surface area (Å²) in [4.78, 5) is 8.55. The van der Waals surface area contributed by atoms with Crippen LogP contribution < -0.4 is 5.73 Å². The molecule has 3 aromatic rings. The molecule has 0 bridgehead atoms. The quantitative estimate of drug-likeness (QED) is 0.714. The minimum absolute atomic E-state index is 0.452. The minimum atomic E-state index is 0.452. The molecule has 0 saturated heterocycles. The van der Waals surface area contributed by atoms with Gasteiger partial charge in [0, 0.05) is 28.6 Å². The lowest BCUT2D eigenvalue weighted by molar-refractivity contribution is 1.20. The fraction of sp³-hybridized carbons (Fsp3) is 0. The summed E-state index contributed by atoms with van der Waals surface area (Å²) in [7, 11) is 0. The highest BCUT2D eigenvalue weighted by atomic mass is 79.9. The number of pyridine rings is 2. The van der Waals surface area contributed by atoms with Crippen molar-refractivity contribution < 1.29 is 0 Å². The van der Waals surface area contributed by atoms with Crippen molar-refractivity contribution in [3.8, 4) is 11.3 Å². The zero-order valence-electron chi connectivity index (χ0n) is 9.44. The fourth-order valence-electron chi connectivity index (χ4n) is 1.84. The van der Waals surface area contributed by atoms with Crippen LogP contribution >= 0.6 is 39.1 Å². The van der Waals surface area contributed by atoms with Gasteiger partial charge in [-0.25, -0.2) is 4.98 Å². The van der Waals surface area contributed by atoms with Gasteiger partial charge in [0.1, 0.15) is 11.5 Å². The van der Waals surface area contributed by atoms with E-state index in [1.807, 2.05) is 6.07 Å². The number of aromatic nitrogens is 3. The summed E-state index contributed by atoms with van der Waals surface area (Å²) >= 11 is 15.5. The third-order valence-corrected chi connectivity index (χ3v) is 3.58. The van der Waals surface area contributed by atoms with E-state index in [0.29, 0.717) is 27.2 Å². The number of hydrogen-bond acceptors (Lipinski definition) is 3. The van der Waals surface area contributed by atoms with Crippen molar-refractivity contribution in [2.45, 2.75) is 0 Å². The van der Waals surface area contributed by atoms with E-state index < -0.39 is 0 Å². The fourth-order valence-corrected chi connectivity index (χ4v) is 2.72. The number of anilines is 1. The van der Waals surface area contributed by atoms with Gasteiger partial charge in [0.2, 0.25) is 0 Å². The summed E-state index contributed by atoms with van der Waals surface area (Å²) in [5, 5.41) is 0.953. The number of rotatable bonds is 1. The maximum atomic E-state index is 6.12. The molecule has 19 heavy (non-hydrogen) atoms. The van der Waals surface area contributed by atoms with Crippen LogP contribution in [-0.4, -0.2) is 14.4 Å². The Hall–Kier alpha value is -1.30. The van der Waals surface area contributed by atoms with E-state index in [-0.39, 0.29) is 0 Å². The molecule has 0 amide bonds. The van der Waals surface area contributed by atoms with Gasteiger partial charge in [0.15, 0.2) is 5.65 Å². The average Bonchev–Trinajstić information content (AvgIpc) is 2.68. The first-order valence-electron chi connectivity index (χ1n) is 5.30. The molecular weight excluding hydrogens is 351 g/mol. The summed E-state index contributed by atoms with van der Waals surface area (Å²) < 4.78 is 2.52. The van der Waals surface area contributed by atoms with Crippen LogP contribution in [0.3, 0.4) is 0 Å². The molecule has 0 unspecified atom stereocenters. The van der Waals surface area contributed by atoms with Crippen molar-refractivity contribution in [1.29, 1.82) is 0 Å². The van der Waals surface area contributed by atoms with E-state index in [2.05, 4.69) is 25.9 Å². The highest BCUT2D eigenvalue weighted by Gasteiger charge is 2.14. The molecule has 4 nitrogen and oxygen atoms in total. The van der Waals surface area contributed by atoms with E-state index in [4.69, 9.17) is 28.9 Å². The largest absolute Gasteiger partial charge is 0.383 e. The van der Waals surface area contributed by atoms with E-state index in [9.17, 15) is 0 Å². The number of nitrogens with two attached hydrogens (primary N) is 1. The molecule has 7 heteroatoms. The van der Waals surface area contributed by atoms with Gasteiger partial charge in [-0.3, -0.25) is 9.38 Å². The van der Waals surface area contributed by atoms with Crippen molar-refractivity contribution in [1.82, 2.24) is 14.4 Å². The van der Waals surface area contributed by atoms with Crippen LogP contribution in [0.25, 0.3) is 16.9 Å². The Kier molecular flexibility index (Phi) is 3.12. The zero-order chi connectivity index (χ0) is 13.6. The monoisotopic (exact) mass is 356 g/mol. The molecule has 0 aliphatic heterocycles. The molecule has 3 rings (SSSR count). The van der Waals surface area contributed by atoms with Gasteiger partial charge < -0.3 is 5.73 Å². The summed E-state index contributed by atoms with van der Waals surface area (Å²) in [5.74, 6) is 0.472. The van der Waals surface area contributed by atoms with Gasteiger partial charge in [-0.2, -0.15) is 0 Å². The zero-order valence-corrected chi connectivity index (χ0v) is 12.5. The van der Waals surface area contributed by atoms with Gasteiger partial charge in [-0.05, 0) is 28.1 Å². The van der Waals surface area contributed by atoms with E-state index >= 15 is 0 Å². The van der Waals surface area contributed by atoms with Crippen molar-refractivity contribution in [3.63, 3.8) is 0 Å². The molecule has 0 saturated carbocycles. The van der Waals surface area contributed by atoms with Crippen LogP contribution in [0.15, 0.2) is 35.2 Å². The Bertz CT molecular complexity index is 785. The lowest BCUT2D eigenvalue weighted by atomic mass is 10.2. The maximum Gasteiger partial charge on any atom is 0.158 e. The van der Waals surface area contributed by atoms with Crippen LogP contribution in [0, 0.1) is 0 Å². The second kappa shape index (κ2) is 4.67. The molecule has 3 heterocycles. The molecular formula is C12H7BrCl2N4. The van der Waals surface area contributed by atoms with Crippen molar-refractivity contribution in [2.75, 3.05) is 5.73 Å². The van der Waals surface area contributed by atoms with Crippen molar-refractivity contribution in [3.05, 3.63) is 45.2 Å². The van der Waals surface area contributed by atoms with Crippen LogP contribution in [0.5, 0.6) is 0 Å². The van der Waals surface area contributed by atoms with Gasteiger partial charge in [-0.1, -0.05) is 23.2 Å². The number of nitrogen functional groups attached to an aromatic ring is 1. The van der Waals surface area contributed by atoms with Crippen LogP contribution in [-0.2, 0) is 0 Å². The molecule has 96 valence electrons. The molecule has 3 aromatic heterocycles. The van der Waals surface area contributed by atoms with Crippen molar-refractivity contribution >= 4 is 50.6 Å². The second-order valence-corrected chi connectivity index (χ2v) is 5.70. The predicted molar refractivity (Wildman–Crippen MR) is 80.6 cm³/mol. The van der Waals surface area contributed by atoms with Gasteiger partial charge in [-0.15, -0.1) is 0 Å². The minimum Gasteiger partial charge on any atom is -0.383 e. The molecule has 0 atom stereocenters. The molecule has 0 spiro atoms. The Balaban J connectivity index is 2.31. The summed E-state index contributed by atoms with van der Waals surface area (Å²) in [6, 6.07) is 3.52. The summed E-state index contributed by atoms with van der Waals surface area (Å²) in [5.41, 5.74) is 8.10. The normalized spacial score (nSPS) is 11.1. The molecule has 2 N–H and O–H groups in total. The van der Waals surface area contributed by atoms with Crippen LogP contribution in [0.2, 0.25) is 10.0 Å². The van der Waals surface area contributed by atoms with Crippen LogP contribution in [0.4, 0.5) is 5.82 Å². The Morgan fingerprint density at radius 1 is 1.21 bits per heavy atom. The predicted octanol–water partition coefficient (Wildman–Crippen LogP) is 4.05. The maximum absolute atomic E-state index is 6.12. The SMILES string of the molecule is Nc1c(-c2cncc(Br)c2)nc2c(Cl)cc(Cl)cn12. The lowest BCUT2D eigenvalue weighted by Crippen LogP contribution is -1.94. The first-order valence-corrected chi connectivity index (χ1v) is 6.84. The first-order chi connectivity index (χ1) is 9.06. The molecule has 0 fully saturated rings. The smallest absolute Gasteiger partial charge is 0.158 e. The van der Waals surface area contributed by atoms with E-state index in [1.165, 1.54) is 0 Å². The Labute approximate surface area is 127 Å². The van der Waals surface area contributed by atoms with E-state index in [0.717, 1.165) is 10.0 Å². The van der Waals surface area contributed by atoms with Gasteiger partial charge >= 0.3 is 0 Å². The highest BCUT2D eigenvalue weighted by molar-refractivity contribution is 9.10. The van der Waals surface area contributed by atoms with Gasteiger partial charge in [0.05, 0.1) is 10.0 Å². The third-order valence-electron chi connectivity index (χ3n) is 2.66. The number of nitrogens with zero attached hydrogens (tertiary/aromatic N) is 3. The number of fused-ring (bicyclic) bond motifs is 1. The Morgan fingerprint density at radius 3 is 2.74 bits per heavy atom. The third kappa shape index (κ3) is 2.18. The van der Waals surface area contributed by atoms with E-state index in [1.54, 1.807) is 29.1 Å². The second-order valence-electron chi connectivity index (χ2n) is 3.94. The van der Waals surface area contributed by atoms with Crippen LogP contribution in [0.1, 0.15) is 0 Å². The van der Waals surface area contributed by atoms with Gasteiger partial charge in [0.25, 0.3) is 0 Å². The number of halogens is 3. The topological polar surface area (TPSA) is 56.2 Å². The summed E-state index contributed by atoms with van der Waals surface area (Å²) in [6.07, 6.45) is 5.07. The lowest BCUT2D eigenvalue weighted by Gasteiger charge is -2.00. The Morgan fingerprint density at radius 2 is 2.00 bits per heavy atom. The molecule has 0 aliphatic rings. The number of imidazole rings is 1. The summed E-state index contributed by atoms with van der Waals surface area (Å²) in [6.45, 7) is 0. The molecule has 0 aliphatic carbocycles. The number of hydrogen-bond donors (Lipinski definition) is 1. The highest BCUT2D eigenvalue weighted by Crippen LogP contribution is 2.31. The molecule has 0 radical (unpaired) electrons.